The van der Waals surface area contributed by atoms with Gasteiger partial charge in [-0.3, -0.25) is 9.69 Å². The Morgan fingerprint density at radius 1 is 1.04 bits per heavy atom. The fraction of sp³-hybridized carbons (Fsp3) is 0.381. The van der Waals surface area contributed by atoms with E-state index in [1.807, 2.05) is 6.07 Å². The molecule has 1 unspecified atom stereocenters. The molecule has 2 aliphatic rings. The van der Waals surface area contributed by atoms with Crippen molar-refractivity contribution in [2.75, 3.05) is 39.5 Å². The Balaban J connectivity index is 1.29. The summed E-state index contributed by atoms with van der Waals surface area (Å²) in [6.07, 6.45) is -0.0105. The number of morpholine rings is 1. The van der Waals surface area contributed by atoms with Crippen LogP contribution >= 0.6 is 0 Å². The van der Waals surface area contributed by atoms with Gasteiger partial charge in [-0.25, -0.2) is 0 Å². The molecular formula is C21H24N2O4. The van der Waals surface area contributed by atoms with E-state index in [9.17, 15) is 4.79 Å². The third-order valence-electron chi connectivity index (χ3n) is 4.77. The van der Waals surface area contributed by atoms with E-state index in [1.165, 1.54) is 5.56 Å². The van der Waals surface area contributed by atoms with Gasteiger partial charge in [0, 0.05) is 31.7 Å². The van der Waals surface area contributed by atoms with Crippen molar-refractivity contribution < 1.29 is 19.0 Å². The van der Waals surface area contributed by atoms with E-state index in [1.54, 1.807) is 18.2 Å². The van der Waals surface area contributed by atoms with Crippen LogP contribution in [-0.4, -0.2) is 56.4 Å². The fourth-order valence-electron chi connectivity index (χ4n) is 3.38. The van der Waals surface area contributed by atoms with Crippen molar-refractivity contribution >= 4 is 5.91 Å². The summed E-state index contributed by atoms with van der Waals surface area (Å²) < 4.78 is 16.9. The van der Waals surface area contributed by atoms with Gasteiger partial charge in [-0.1, -0.05) is 30.3 Å². The first kappa shape index (κ1) is 17.8. The number of amides is 1. The maximum atomic E-state index is 12.5. The number of nitrogens with one attached hydrogen (secondary N) is 1. The molecule has 2 aromatic rings. The van der Waals surface area contributed by atoms with Crippen LogP contribution in [0.15, 0.2) is 48.5 Å². The van der Waals surface area contributed by atoms with Crippen LogP contribution in [0.3, 0.4) is 0 Å². The quantitative estimate of drug-likeness (QED) is 0.876. The van der Waals surface area contributed by atoms with Crippen LogP contribution in [0.4, 0.5) is 0 Å². The predicted octanol–water partition coefficient (Wildman–Crippen LogP) is 2.09. The second kappa shape index (κ2) is 8.41. The molecule has 0 radical (unpaired) electrons. The molecule has 2 heterocycles. The summed E-state index contributed by atoms with van der Waals surface area (Å²) in [5.74, 6) is 1.18. The second-order valence-electron chi connectivity index (χ2n) is 6.78. The number of ether oxygens (including phenoxy) is 3. The molecule has 0 aliphatic carbocycles. The molecule has 6 nitrogen and oxygen atoms in total. The molecule has 0 bridgehead atoms. The summed E-state index contributed by atoms with van der Waals surface area (Å²) in [6.45, 7) is 4.81. The average molecular weight is 368 g/mol. The lowest BCUT2D eigenvalue weighted by Crippen LogP contribution is -2.47. The van der Waals surface area contributed by atoms with E-state index in [0.717, 1.165) is 19.6 Å². The lowest BCUT2D eigenvalue weighted by atomic mass is 10.1. The minimum atomic E-state index is -0.129. The lowest BCUT2D eigenvalue weighted by Gasteiger charge is -2.33. The number of hydrogen-bond acceptors (Lipinski definition) is 5. The standard InChI is InChI=1S/C21H24N2O4/c24-21(17-6-7-19-20(12-17)27-11-10-26-19)22-13-18-15-23(8-9-25-18)14-16-4-2-1-3-5-16/h1-7,12,18H,8-11,13-15H2,(H,22,24). The first-order chi connectivity index (χ1) is 13.3. The largest absolute Gasteiger partial charge is 0.486 e. The van der Waals surface area contributed by atoms with Crippen molar-refractivity contribution in [3.8, 4) is 11.5 Å². The van der Waals surface area contributed by atoms with Crippen molar-refractivity contribution in [1.82, 2.24) is 10.2 Å². The first-order valence-corrected chi connectivity index (χ1v) is 9.34. The van der Waals surface area contributed by atoms with Crippen LogP contribution in [0, 0.1) is 0 Å². The van der Waals surface area contributed by atoms with Crippen LogP contribution in [-0.2, 0) is 11.3 Å². The predicted molar refractivity (Wildman–Crippen MR) is 101 cm³/mol. The Hall–Kier alpha value is -2.57. The molecule has 27 heavy (non-hydrogen) atoms. The van der Waals surface area contributed by atoms with E-state index in [0.29, 0.717) is 43.4 Å². The highest BCUT2D eigenvalue weighted by molar-refractivity contribution is 5.94. The average Bonchev–Trinajstić information content (AvgIpc) is 2.73. The molecule has 0 aromatic heterocycles. The number of hydrogen-bond donors (Lipinski definition) is 1. The second-order valence-corrected chi connectivity index (χ2v) is 6.78. The van der Waals surface area contributed by atoms with Crippen molar-refractivity contribution in [3.63, 3.8) is 0 Å². The summed E-state index contributed by atoms with van der Waals surface area (Å²) in [5, 5.41) is 2.97. The normalized spacial score (nSPS) is 19.5. The van der Waals surface area contributed by atoms with Crippen LogP contribution in [0.2, 0.25) is 0 Å². The molecular weight excluding hydrogens is 344 g/mol. The van der Waals surface area contributed by atoms with Gasteiger partial charge in [-0.2, -0.15) is 0 Å². The van der Waals surface area contributed by atoms with Gasteiger partial charge in [0.25, 0.3) is 5.91 Å². The molecule has 1 saturated heterocycles. The van der Waals surface area contributed by atoms with Crippen LogP contribution in [0.25, 0.3) is 0 Å². The Labute approximate surface area is 159 Å². The number of benzene rings is 2. The topological polar surface area (TPSA) is 60.0 Å². The van der Waals surface area contributed by atoms with E-state index in [-0.39, 0.29) is 12.0 Å². The fourth-order valence-corrected chi connectivity index (χ4v) is 3.38. The van der Waals surface area contributed by atoms with Crippen LogP contribution in [0.5, 0.6) is 11.5 Å². The summed E-state index contributed by atoms with van der Waals surface area (Å²) in [5.41, 5.74) is 1.86. The smallest absolute Gasteiger partial charge is 0.251 e. The highest BCUT2D eigenvalue weighted by Crippen LogP contribution is 2.30. The van der Waals surface area contributed by atoms with Gasteiger partial charge in [0.1, 0.15) is 13.2 Å². The zero-order valence-electron chi connectivity index (χ0n) is 15.2. The number of fused-ring (bicyclic) bond motifs is 1. The first-order valence-electron chi connectivity index (χ1n) is 9.34. The Kier molecular flexibility index (Phi) is 5.55. The minimum Gasteiger partial charge on any atom is -0.486 e. The zero-order valence-corrected chi connectivity index (χ0v) is 15.2. The van der Waals surface area contributed by atoms with Gasteiger partial charge >= 0.3 is 0 Å². The maximum Gasteiger partial charge on any atom is 0.251 e. The number of nitrogens with zero attached hydrogens (tertiary/aromatic N) is 1. The number of rotatable bonds is 5. The van der Waals surface area contributed by atoms with Gasteiger partial charge in [0.15, 0.2) is 11.5 Å². The molecule has 1 fully saturated rings. The number of carbonyl (C=O) groups excluding carboxylic acids is 1. The van der Waals surface area contributed by atoms with Crippen LogP contribution < -0.4 is 14.8 Å². The summed E-state index contributed by atoms with van der Waals surface area (Å²) >= 11 is 0. The van der Waals surface area contributed by atoms with Gasteiger partial charge in [0.05, 0.1) is 12.7 Å². The van der Waals surface area contributed by atoms with E-state index >= 15 is 0 Å². The third kappa shape index (κ3) is 4.59. The molecule has 0 saturated carbocycles. The van der Waals surface area contributed by atoms with Crippen molar-refractivity contribution in [2.45, 2.75) is 12.6 Å². The molecule has 2 aromatic carbocycles. The minimum absolute atomic E-state index is 0.0105. The third-order valence-corrected chi connectivity index (χ3v) is 4.77. The molecule has 1 amide bonds. The zero-order chi connectivity index (χ0) is 18.5. The van der Waals surface area contributed by atoms with Gasteiger partial charge < -0.3 is 19.5 Å². The lowest BCUT2D eigenvalue weighted by molar-refractivity contribution is -0.0292. The Bertz CT molecular complexity index is 781. The molecule has 4 rings (SSSR count). The van der Waals surface area contributed by atoms with E-state index in [4.69, 9.17) is 14.2 Å². The molecule has 0 spiro atoms. The summed E-state index contributed by atoms with van der Waals surface area (Å²) in [6, 6.07) is 15.7. The summed E-state index contributed by atoms with van der Waals surface area (Å²) in [7, 11) is 0. The van der Waals surface area contributed by atoms with E-state index < -0.39 is 0 Å². The van der Waals surface area contributed by atoms with Crippen molar-refractivity contribution in [2.24, 2.45) is 0 Å². The number of carbonyl (C=O) groups is 1. The van der Waals surface area contributed by atoms with Crippen molar-refractivity contribution in [3.05, 3.63) is 59.7 Å². The molecule has 142 valence electrons. The highest BCUT2D eigenvalue weighted by Gasteiger charge is 2.22. The maximum absolute atomic E-state index is 12.5. The summed E-state index contributed by atoms with van der Waals surface area (Å²) in [4.78, 5) is 14.8. The van der Waals surface area contributed by atoms with Crippen LogP contribution in [0.1, 0.15) is 15.9 Å². The van der Waals surface area contributed by atoms with Gasteiger partial charge in [0.2, 0.25) is 0 Å². The van der Waals surface area contributed by atoms with Crippen molar-refractivity contribution in [1.29, 1.82) is 0 Å². The van der Waals surface area contributed by atoms with E-state index in [2.05, 4.69) is 34.5 Å². The SMILES string of the molecule is O=C(NCC1CN(Cc2ccccc2)CCO1)c1ccc2c(c1)OCCO2. The molecule has 2 aliphatic heterocycles. The molecule has 6 heteroatoms. The highest BCUT2D eigenvalue weighted by atomic mass is 16.6. The molecule has 1 N–H and O–H groups in total. The Morgan fingerprint density at radius 2 is 1.85 bits per heavy atom. The molecule has 1 atom stereocenters. The Morgan fingerprint density at radius 3 is 2.70 bits per heavy atom. The van der Waals surface area contributed by atoms with Gasteiger partial charge in [-0.15, -0.1) is 0 Å². The van der Waals surface area contributed by atoms with Gasteiger partial charge in [-0.05, 0) is 23.8 Å². The monoisotopic (exact) mass is 368 g/mol.